The minimum absolute atomic E-state index is 0.0371. The Bertz CT molecular complexity index is 652. The van der Waals surface area contributed by atoms with Gasteiger partial charge in [-0.05, 0) is 42.3 Å². The Kier molecular flexibility index (Phi) is 2.49. The minimum atomic E-state index is -0.246. The Morgan fingerprint density at radius 3 is 2.11 bits per heavy atom. The van der Waals surface area contributed by atoms with Gasteiger partial charge in [0.05, 0.1) is 6.42 Å². The van der Waals surface area contributed by atoms with E-state index >= 15 is 0 Å². The monoisotopic (exact) mass is 252 g/mol. The first-order chi connectivity index (χ1) is 9.06. The van der Waals surface area contributed by atoms with Crippen LogP contribution in [0.15, 0.2) is 36.4 Å². The number of hydrogen-bond donors (Lipinski definition) is 1. The van der Waals surface area contributed by atoms with Crippen molar-refractivity contribution in [3.63, 3.8) is 0 Å². The molecule has 3 heteroatoms. The summed E-state index contributed by atoms with van der Waals surface area (Å²) in [6.45, 7) is 1.91. The summed E-state index contributed by atoms with van der Waals surface area (Å²) in [5, 5.41) is 9.52. The van der Waals surface area contributed by atoms with Gasteiger partial charge in [-0.3, -0.25) is 9.59 Å². The largest absolute Gasteiger partial charge is 0.508 e. The highest BCUT2D eigenvalue weighted by molar-refractivity contribution is 6.20. The second kappa shape index (κ2) is 4.05. The van der Waals surface area contributed by atoms with Crippen molar-refractivity contribution in [3.05, 3.63) is 53.1 Å². The molecule has 0 bridgehead atoms. The lowest BCUT2D eigenvalue weighted by Crippen LogP contribution is -2.05. The standard InChI is InChI=1S/C16H12O3/c1-9-2-4-11-12-5-3-10(17)7-14(12)16(19)8-15(18)13(11)6-9/h2-7,17H,8H2,1H3. The van der Waals surface area contributed by atoms with E-state index in [9.17, 15) is 14.7 Å². The van der Waals surface area contributed by atoms with E-state index in [0.29, 0.717) is 16.7 Å². The Balaban J connectivity index is 2.36. The third-order valence-corrected chi connectivity index (χ3v) is 3.39. The average Bonchev–Trinajstić information content (AvgIpc) is 2.47. The zero-order chi connectivity index (χ0) is 13.6. The van der Waals surface area contributed by atoms with Gasteiger partial charge in [-0.15, -0.1) is 0 Å². The fourth-order valence-electron chi connectivity index (χ4n) is 2.46. The fraction of sp³-hybridized carbons (Fsp3) is 0.125. The topological polar surface area (TPSA) is 54.4 Å². The van der Waals surface area contributed by atoms with E-state index in [-0.39, 0.29) is 23.7 Å². The molecule has 0 heterocycles. The summed E-state index contributed by atoms with van der Waals surface area (Å²) in [6, 6.07) is 10.2. The van der Waals surface area contributed by atoms with Gasteiger partial charge in [0.1, 0.15) is 5.75 Å². The quantitative estimate of drug-likeness (QED) is 0.733. The van der Waals surface area contributed by atoms with Crippen molar-refractivity contribution in [2.45, 2.75) is 13.3 Å². The van der Waals surface area contributed by atoms with Gasteiger partial charge >= 0.3 is 0 Å². The Hall–Kier alpha value is -2.42. The highest BCUT2D eigenvalue weighted by Gasteiger charge is 2.25. The number of phenols is 1. The number of Topliss-reactive ketones (excluding diaryl/α,β-unsaturated/α-hetero) is 2. The second-order valence-electron chi connectivity index (χ2n) is 4.80. The molecule has 1 N–H and O–H groups in total. The van der Waals surface area contributed by atoms with Gasteiger partial charge in [0, 0.05) is 11.1 Å². The molecule has 3 nitrogen and oxygen atoms in total. The van der Waals surface area contributed by atoms with Crippen LogP contribution in [0, 0.1) is 6.92 Å². The van der Waals surface area contributed by atoms with Gasteiger partial charge in [-0.25, -0.2) is 0 Å². The van der Waals surface area contributed by atoms with E-state index in [2.05, 4.69) is 0 Å². The molecule has 0 aromatic heterocycles. The first kappa shape index (κ1) is 11.7. The fourth-order valence-corrected chi connectivity index (χ4v) is 2.46. The van der Waals surface area contributed by atoms with Crippen molar-refractivity contribution in [2.24, 2.45) is 0 Å². The molecule has 0 radical (unpaired) electrons. The number of fused-ring (bicyclic) bond motifs is 3. The van der Waals surface area contributed by atoms with Gasteiger partial charge in [-0.2, -0.15) is 0 Å². The van der Waals surface area contributed by atoms with Crippen LogP contribution in [-0.4, -0.2) is 16.7 Å². The van der Waals surface area contributed by atoms with Crippen LogP contribution in [0.25, 0.3) is 11.1 Å². The number of rotatable bonds is 0. The molecule has 0 amide bonds. The Morgan fingerprint density at radius 1 is 0.842 bits per heavy atom. The zero-order valence-corrected chi connectivity index (χ0v) is 10.4. The molecule has 0 unspecified atom stereocenters. The molecular formula is C16H12O3. The Labute approximate surface area is 110 Å². The summed E-state index contributed by atoms with van der Waals surface area (Å²) in [7, 11) is 0. The maximum absolute atomic E-state index is 12.1. The van der Waals surface area contributed by atoms with E-state index in [0.717, 1.165) is 11.1 Å². The second-order valence-corrected chi connectivity index (χ2v) is 4.80. The molecule has 19 heavy (non-hydrogen) atoms. The third-order valence-electron chi connectivity index (χ3n) is 3.39. The van der Waals surface area contributed by atoms with Gasteiger partial charge in [0.15, 0.2) is 11.6 Å². The van der Waals surface area contributed by atoms with Gasteiger partial charge < -0.3 is 5.11 Å². The van der Waals surface area contributed by atoms with Crippen molar-refractivity contribution in [1.29, 1.82) is 0 Å². The van der Waals surface area contributed by atoms with Gasteiger partial charge in [-0.1, -0.05) is 17.7 Å². The molecule has 2 aromatic rings. The number of ketones is 2. The lowest BCUT2D eigenvalue weighted by atomic mass is 9.95. The van der Waals surface area contributed by atoms with Gasteiger partial charge in [0.25, 0.3) is 0 Å². The smallest absolute Gasteiger partial charge is 0.171 e. The lowest BCUT2D eigenvalue weighted by Gasteiger charge is -2.09. The normalized spacial score (nSPS) is 13.7. The van der Waals surface area contributed by atoms with Crippen LogP contribution in [0.1, 0.15) is 32.7 Å². The summed E-state index contributed by atoms with van der Waals surface area (Å²) >= 11 is 0. The molecule has 0 spiro atoms. The summed E-state index contributed by atoms with van der Waals surface area (Å²) in [4.78, 5) is 24.2. The summed E-state index contributed by atoms with van der Waals surface area (Å²) in [5.74, 6) is -0.376. The maximum Gasteiger partial charge on any atom is 0.171 e. The first-order valence-corrected chi connectivity index (χ1v) is 6.07. The molecule has 0 saturated carbocycles. The summed E-state index contributed by atoms with van der Waals surface area (Å²) in [5.41, 5.74) is 3.45. The van der Waals surface area contributed by atoms with E-state index in [4.69, 9.17) is 0 Å². The minimum Gasteiger partial charge on any atom is -0.508 e. The third kappa shape index (κ3) is 1.83. The molecule has 2 aromatic carbocycles. The van der Waals surface area contributed by atoms with Crippen LogP contribution in [0.2, 0.25) is 0 Å². The average molecular weight is 252 g/mol. The number of carbonyl (C=O) groups is 2. The van der Waals surface area contributed by atoms with Crippen LogP contribution in [0.5, 0.6) is 5.75 Å². The zero-order valence-electron chi connectivity index (χ0n) is 10.4. The van der Waals surface area contributed by atoms with E-state index in [1.807, 2.05) is 25.1 Å². The number of benzene rings is 2. The molecule has 0 saturated heterocycles. The first-order valence-electron chi connectivity index (χ1n) is 6.07. The Morgan fingerprint density at radius 2 is 1.42 bits per heavy atom. The number of aromatic hydroxyl groups is 1. The van der Waals surface area contributed by atoms with Crippen molar-refractivity contribution in [3.8, 4) is 16.9 Å². The van der Waals surface area contributed by atoms with Crippen molar-refractivity contribution in [1.82, 2.24) is 0 Å². The van der Waals surface area contributed by atoms with Crippen LogP contribution in [0.4, 0.5) is 0 Å². The van der Waals surface area contributed by atoms with Crippen molar-refractivity contribution in [2.75, 3.05) is 0 Å². The summed E-state index contributed by atoms with van der Waals surface area (Å²) < 4.78 is 0. The number of carbonyl (C=O) groups excluding carboxylic acids is 2. The van der Waals surface area contributed by atoms with E-state index < -0.39 is 0 Å². The predicted octanol–water partition coefficient (Wildman–Crippen LogP) is 3.14. The van der Waals surface area contributed by atoms with E-state index in [1.54, 1.807) is 6.07 Å². The molecular weight excluding hydrogens is 240 g/mol. The van der Waals surface area contributed by atoms with Gasteiger partial charge in [0.2, 0.25) is 0 Å². The van der Waals surface area contributed by atoms with Crippen LogP contribution < -0.4 is 0 Å². The molecule has 1 aliphatic rings. The predicted molar refractivity (Wildman–Crippen MR) is 71.6 cm³/mol. The molecule has 94 valence electrons. The van der Waals surface area contributed by atoms with Crippen molar-refractivity contribution < 1.29 is 14.7 Å². The van der Waals surface area contributed by atoms with Crippen LogP contribution >= 0.6 is 0 Å². The number of hydrogen-bond acceptors (Lipinski definition) is 3. The SMILES string of the molecule is Cc1ccc2c(c1)C(=O)CC(=O)c1cc(O)ccc1-2. The maximum atomic E-state index is 12.1. The number of aryl methyl sites for hydroxylation is 1. The molecule has 0 aliphatic heterocycles. The number of phenolic OH excluding ortho intramolecular Hbond substituents is 1. The lowest BCUT2D eigenvalue weighted by molar-refractivity contribution is 0.0897. The van der Waals surface area contributed by atoms with Crippen LogP contribution in [0.3, 0.4) is 0 Å². The summed E-state index contributed by atoms with van der Waals surface area (Å²) in [6.07, 6.45) is -0.146. The van der Waals surface area contributed by atoms with Crippen LogP contribution in [-0.2, 0) is 0 Å². The van der Waals surface area contributed by atoms with Crippen molar-refractivity contribution >= 4 is 11.6 Å². The molecule has 1 aliphatic carbocycles. The molecule has 0 fully saturated rings. The molecule has 3 rings (SSSR count). The highest BCUT2D eigenvalue weighted by atomic mass is 16.3. The van der Waals surface area contributed by atoms with E-state index in [1.165, 1.54) is 12.1 Å². The molecule has 0 atom stereocenters. The highest BCUT2D eigenvalue weighted by Crippen LogP contribution is 2.34.